The van der Waals surface area contributed by atoms with Crippen LogP contribution in [0.5, 0.6) is 0 Å². The summed E-state index contributed by atoms with van der Waals surface area (Å²) in [7, 11) is 1.40. The van der Waals surface area contributed by atoms with Gasteiger partial charge < -0.3 is 9.84 Å². The Hall–Kier alpha value is -0.640. The molecule has 0 saturated carbocycles. The van der Waals surface area contributed by atoms with E-state index >= 15 is 0 Å². The summed E-state index contributed by atoms with van der Waals surface area (Å²) in [5.74, 6) is 0. The minimum atomic E-state index is -0.992. The Kier molecular flexibility index (Phi) is 2.82. The normalized spacial score (nSPS) is 13.0. The molecule has 4 heteroatoms. The average Bonchev–Trinajstić information content (AvgIpc) is 2.03. The van der Waals surface area contributed by atoms with Crippen LogP contribution in [0.25, 0.3) is 0 Å². The van der Waals surface area contributed by atoms with E-state index in [-0.39, 0.29) is 0 Å². The Morgan fingerprint density at radius 1 is 1.73 bits per heavy atom. The molecule has 0 aliphatic rings. The van der Waals surface area contributed by atoms with Gasteiger partial charge in [0, 0.05) is 18.3 Å². The molecule has 3 nitrogen and oxygen atoms in total. The monoisotopic (exact) mass is 173 g/mol. The zero-order valence-electron chi connectivity index (χ0n) is 5.99. The zero-order chi connectivity index (χ0) is 8.27. The maximum atomic E-state index is 9.11. The van der Waals surface area contributed by atoms with E-state index in [2.05, 4.69) is 9.72 Å². The second-order valence-electron chi connectivity index (χ2n) is 1.99. The Balaban J connectivity index is 2.86. The van der Waals surface area contributed by atoms with Crippen LogP contribution in [0, 0.1) is 0 Å². The molecule has 1 unspecified atom stereocenters. The summed E-state index contributed by atoms with van der Waals surface area (Å²) >= 11 is 5.64. The topological polar surface area (TPSA) is 42.4 Å². The number of aliphatic hydroxyl groups excluding tert-OH is 1. The van der Waals surface area contributed by atoms with Gasteiger partial charge in [-0.1, -0.05) is 11.6 Å². The van der Waals surface area contributed by atoms with Crippen molar-refractivity contribution in [1.82, 2.24) is 4.98 Å². The van der Waals surface area contributed by atoms with Crippen molar-refractivity contribution >= 4 is 11.6 Å². The fraction of sp³-hybridized carbons (Fsp3) is 0.286. The lowest BCUT2D eigenvalue weighted by Crippen LogP contribution is -2.01. The molecule has 0 aliphatic carbocycles. The lowest BCUT2D eigenvalue weighted by molar-refractivity contribution is -0.0798. The van der Waals surface area contributed by atoms with Crippen molar-refractivity contribution in [2.45, 2.75) is 6.29 Å². The van der Waals surface area contributed by atoms with Crippen molar-refractivity contribution in [3.05, 3.63) is 29.0 Å². The number of ether oxygens (including phenoxy) is 1. The van der Waals surface area contributed by atoms with Crippen molar-refractivity contribution in [2.75, 3.05) is 7.11 Å². The summed E-state index contributed by atoms with van der Waals surface area (Å²) in [6, 6.07) is 3.18. The van der Waals surface area contributed by atoms with Gasteiger partial charge in [-0.2, -0.15) is 0 Å². The van der Waals surface area contributed by atoms with E-state index in [1.807, 2.05) is 0 Å². The van der Waals surface area contributed by atoms with Crippen LogP contribution >= 0.6 is 11.6 Å². The van der Waals surface area contributed by atoms with Gasteiger partial charge in [0.1, 0.15) is 0 Å². The molecule has 0 amide bonds. The highest BCUT2D eigenvalue weighted by atomic mass is 35.5. The summed E-state index contributed by atoms with van der Waals surface area (Å²) in [6.45, 7) is 0. The first kappa shape index (κ1) is 8.46. The van der Waals surface area contributed by atoms with Crippen LogP contribution in [0.4, 0.5) is 0 Å². The number of pyridine rings is 1. The first-order valence-corrected chi connectivity index (χ1v) is 3.44. The van der Waals surface area contributed by atoms with E-state index in [4.69, 9.17) is 16.7 Å². The lowest BCUT2D eigenvalue weighted by Gasteiger charge is -2.06. The van der Waals surface area contributed by atoms with Gasteiger partial charge in [0.05, 0.1) is 5.69 Å². The first-order chi connectivity index (χ1) is 5.24. The molecule has 0 spiro atoms. The van der Waals surface area contributed by atoms with Crippen molar-refractivity contribution in [3.8, 4) is 0 Å². The highest BCUT2D eigenvalue weighted by Crippen LogP contribution is 2.14. The van der Waals surface area contributed by atoms with Gasteiger partial charge in [-0.3, -0.25) is 4.98 Å². The van der Waals surface area contributed by atoms with Gasteiger partial charge in [-0.25, -0.2) is 0 Å². The molecule has 1 aromatic rings. The van der Waals surface area contributed by atoms with E-state index in [0.717, 1.165) is 0 Å². The SMILES string of the molecule is COC(O)c1cc(Cl)ccn1. The third-order valence-electron chi connectivity index (χ3n) is 1.22. The molecule has 0 radical (unpaired) electrons. The van der Waals surface area contributed by atoms with Gasteiger partial charge in [0.25, 0.3) is 0 Å². The first-order valence-electron chi connectivity index (χ1n) is 3.06. The smallest absolute Gasteiger partial charge is 0.198 e. The highest BCUT2D eigenvalue weighted by molar-refractivity contribution is 6.30. The second kappa shape index (κ2) is 3.67. The van der Waals surface area contributed by atoms with E-state index < -0.39 is 6.29 Å². The molecule has 11 heavy (non-hydrogen) atoms. The maximum absolute atomic E-state index is 9.11. The van der Waals surface area contributed by atoms with Crippen LogP contribution in [-0.2, 0) is 4.74 Å². The molecular formula is C7H8ClNO2. The van der Waals surface area contributed by atoms with Gasteiger partial charge in [-0.05, 0) is 12.1 Å². The Morgan fingerprint density at radius 2 is 2.45 bits per heavy atom. The van der Waals surface area contributed by atoms with Crippen molar-refractivity contribution < 1.29 is 9.84 Å². The van der Waals surface area contributed by atoms with Crippen LogP contribution in [-0.4, -0.2) is 17.2 Å². The molecule has 0 saturated heterocycles. The maximum Gasteiger partial charge on any atom is 0.198 e. The summed E-state index contributed by atoms with van der Waals surface area (Å²) in [4.78, 5) is 3.85. The van der Waals surface area contributed by atoms with Crippen molar-refractivity contribution in [1.29, 1.82) is 0 Å². The van der Waals surface area contributed by atoms with Crippen molar-refractivity contribution in [3.63, 3.8) is 0 Å². The molecule has 1 N–H and O–H groups in total. The number of nitrogens with zero attached hydrogens (tertiary/aromatic N) is 1. The number of methoxy groups -OCH3 is 1. The molecule has 0 aromatic carbocycles. The number of hydrogen-bond donors (Lipinski definition) is 1. The quantitative estimate of drug-likeness (QED) is 0.687. The van der Waals surface area contributed by atoms with E-state index in [1.54, 1.807) is 12.1 Å². The number of aliphatic hydroxyl groups is 1. The Bertz CT molecular complexity index is 242. The van der Waals surface area contributed by atoms with Crippen LogP contribution in [0.15, 0.2) is 18.3 Å². The predicted octanol–water partition coefficient (Wildman–Crippen LogP) is 1.37. The molecule has 60 valence electrons. The summed E-state index contributed by atoms with van der Waals surface area (Å²) in [5, 5.41) is 9.64. The molecule has 0 aliphatic heterocycles. The number of hydrogen-bond acceptors (Lipinski definition) is 3. The number of halogens is 1. The van der Waals surface area contributed by atoms with Crippen LogP contribution in [0.2, 0.25) is 5.02 Å². The summed E-state index contributed by atoms with van der Waals surface area (Å²) in [5.41, 5.74) is 0.417. The predicted molar refractivity (Wildman–Crippen MR) is 41.2 cm³/mol. The van der Waals surface area contributed by atoms with E-state index in [1.165, 1.54) is 13.3 Å². The number of aromatic nitrogens is 1. The third-order valence-corrected chi connectivity index (χ3v) is 1.45. The standard InChI is InChI=1S/C7H8ClNO2/c1-11-7(10)6-4-5(8)2-3-9-6/h2-4,7,10H,1H3. The largest absolute Gasteiger partial charge is 0.363 e. The minimum Gasteiger partial charge on any atom is -0.363 e. The molecule has 0 fully saturated rings. The molecule has 1 atom stereocenters. The van der Waals surface area contributed by atoms with Crippen LogP contribution in [0.1, 0.15) is 12.0 Å². The zero-order valence-corrected chi connectivity index (χ0v) is 6.75. The molecule has 1 aromatic heterocycles. The molecular weight excluding hydrogens is 166 g/mol. The summed E-state index contributed by atoms with van der Waals surface area (Å²) in [6.07, 6.45) is 0.522. The van der Waals surface area contributed by atoms with Gasteiger partial charge in [0.2, 0.25) is 0 Å². The minimum absolute atomic E-state index is 0.417. The second-order valence-corrected chi connectivity index (χ2v) is 2.42. The van der Waals surface area contributed by atoms with Gasteiger partial charge in [-0.15, -0.1) is 0 Å². The van der Waals surface area contributed by atoms with E-state index in [0.29, 0.717) is 10.7 Å². The Morgan fingerprint density at radius 3 is 3.00 bits per heavy atom. The summed E-state index contributed by atoms with van der Waals surface area (Å²) < 4.78 is 4.63. The van der Waals surface area contributed by atoms with Crippen LogP contribution in [0.3, 0.4) is 0 Å². The molecule has 1 heterocycles. The average molecular weight is 174 g/mol. The third kappa shape index (κ3) is 2.15. The van der Waals surface area contributed by atoms with E-state index in [9.17, 15) is 0 Å². The lowest BCUT2D eigenvalue weighted by atomic mass is 10.3. The fourth-order valence-electron chi connectivity index (χ4n) is 0.677. The molecule has 1 rings (SSSR count). The van der Waals surface area contributed by atoms with Crippen LogP contribution < -0.4 is 0 Å². The van der Waals surface area contributed by atoms with Gasteiger partial charge >= 0.3 is 0 Å². The Labute approximate surface area is 69.6 Å². The highest BCUT2D eigenvalue weighted by Gasteiger charge is 2.06. The number of rotatable bonds is 2. The fourth-order valence-corrected chi connectivity index (χ4v) is 0.845. The van der Waals surface area contributed by atoms with Crippen molar-refractivity contribution in [2.24, 2.45) is 0 Å². The molecule has 0 bridgehead atoms. The van der Waals surface area contributed by atoms with Gasteiger partial charge in [0.15, 0.2) is 6.29 Å².